The fourth-order valence-electron chi connectivity index (χ4n) is 2.22. The summed E-state index contributed by atoms with van der Waals surface area (Å²) in [6.07, 6.45) is 2.33. The number of aliphatic hydroxyl groups excluding tert-OH is 1. The summed E-state index contributed by atoms with van der Waals surface area (Å²) in [5, 5.41) is 13.5. The second kappa shape index (κ2) is 5.32. The Hall–Kier alpha value is -1.06. The Morgan fingerprint density at radius 2 is 2.38 bits per heavy atom. The standard InChI is InChI=1S/C13H19NO2/c1-16-9-3-6-12(15)11-5-2-4-10-7-8-14-13(10)11/h2,4-5,12,14-15H,3,6-9H2,1H3. The van der Waals surface area contributed by atoms with Crippen molar-refractivity contribution in [1.29, 1.82) is 0 Å². The molecule has 2 rings (SSSR count). The lowest BCUT2D eigenvalue weighted by Crippen LogP contribution is -2.03. The Morgan fingerprint density at radius 3 is 3.19 bits per heavy atom. The maximum atomic E-state index is 10.1. The molecule has 1 aliphatic rings. The minimum atomic E-state index is -0.379. The first-order valence-corrected chi connectivity index (χ1v) is 5.85. The van der Waals surface area contributed by atoms with Crippen molar-refractivity contribution in [3.8, 4) is 0 Å². The number of ether oxygens (including phenoxy) is 1. The smallest absolute Gasteiger partial charge is 0.0810 e. The number of rotatable bonds is 5. The van der Waals surface area contributed by atoms with Crippen molar-refractivity contribution in [2.45, 2.75) is 25.4 Å². The summed E-state index contributed by atoms with van der Waals surface area (Å²) in [6.45, 7) is 1.69. The molecule has 1 heterocycles. The molecular formula is C13H19NO2. The summed E-state index contributed by atoms with van der Waals surface area (Å²) in [5.41, 5.74) is 3.50. The van der Waals surface area contributed by atoms with Crippen LogP contribution in [0.3, 0.4) is 0 Å². The Labute approximate surface area is 96.4 Å². The summed E-state index contributed by atoms with van der Waals surface area (Å²) in [6, 6.07) is 6.16. The summed E-state index contributed by atoms with van der Waals surface area (Å²) in [4.78, 5) is 0. The molecule has 0 amide bonds. The summed E-state index contributed by atoms with van der Waals surface area (Å²) in [5.74, 6) is 0. The summed E-state index contributed by atoms with van der Waals surface area (Å²) >= 11 is 0. The van der Waals surface area contributed by atoms with Crippen LogP contribution in [0.15, 0.2) is 18.2 Å². The highest BCUT2D eigenvalue weighted by Gasteiger charge is 2.18. The molecule has 0 fully saturated rings. The van der Waals surface area contributed by atoms with Gasteiger partial charge in [0.1, 0.15) is 0 Å². The van der Waals surface area contributed by atoms with Crippen LogP contribution in [0.2, 0.25) is 0 Å². The maximum absolute atomic E-state index is 10.1. The van der Waals surface area contributed by atoms with E-state index in [1.807, 2.05) is 12.1 Å². The van der Waals surface area contributed by atoms with Gasteiger partial charge in [-0.1, -0.05) is 18.2 Å². The van der Waals surface area contributed by atoms with Crippen molar-refractivity contribution >= 4 is 5.69 Å². The van der Waals surface area contributed by atoms with Crippen molar-refractivity contribution in [3.63, 3.8) is 0 Å². The minimum absolute atomic E-state index is 0.379. The summed E-state index contributed by atoms with van der Waals surface area (Å²) < 4.78 is 4.99. The third-order valence-corrected chi connectivity index (χ3v) is 3.06. The highest BCUT2D eigenvalue weighted by atomic mass is 16.5. The largest absolute Gasteiger partial charge is 0.388 e. The molecule has 0 bridgehead atoms. The Kier molecular flexibility index (Phi) is 3.80. The molecule has 0 spiro atoms. The third-order valence-electron chi connectivity index (χ3n) is 3.06. The van der Waals surface area contributed by atoms with E-state index in [0.717, 1.165) is 37.1 Å². The number of fused-ring (bicyclic) bond motifs is 1. The molecule has 0 radical (unpaired) electrons. The van der Waals surface area contributed by atoms with Crippen molar-refractivity contribution in [2.75, 3.05) is 25.6 Å². The van der Waals surface area contributed by atoms with Gasteiger partial charge in [0.2, 0.25) is 0 Å². The lowest BCUT2D eigenvalue weighted by Gasteiger charge is -2.15. The van der Waals surface area contributed by atoms with Crippen molar-refractivity contribution < 1.29 is 9.84 Å². The molecule has 0 aromatic heterocycles. The van der Waals surface area contributed by atoms with E-state index in [1.54, 1.807) is 7.11 Å². The number of benzene rings is 1. The van der Waals surface area contributed by atoms with E-state index in [1.165, 1.54) is 5.56 Å². The van der Waals surface area contributed by atoms with Gasteiger partial charge < -0.3 is 15.2 Å². The van der Waals surface area contributed by atoms with Crippen molar-refractivity contribution in [3.05, 3.63) is 29.3 Å². The molecule has 0 aliphatic carbocycles. The number of nitrogens with one attached hydrogen (secondary N) is 1. The quantitative estimate of drug-likeness (QED) is 0.748. The second-order valence-electron chi connectivity index (χ2n) is 4.21. The highest BCUT2D eigenvalue weighted by molar-refractivity contribution is 5.61. The molecule has 0 saturated carbocycles. The fourth-order valence-corrected chi connectivity index (χ4v) is 2.22. The number of hydrogen-bond acceptors (Lipinski definition) is 3. The molecule has 16 heavy (non-hydrogen) atoms. The fraction of sp³-hybridized carbons (Fsp3) is 0.538. The van der Waals surface area contributed by atoms with Crippen LogP contribution in [0.25, 0.3) is 0 Å². The molecule has 3 nitrogen and oxygen atoms in total. The highest BCUT2D eigenvalue weighted by Crippen LogP contribution is 2.32. The lowest BCUT2D eigenvalue weighted by molar-refractivity contribution is 0.136. The van der Waals surface area contributed by atoms with Crippen LogP contribution >= 0.6 is 0 Å². The molecule has 1 aliphatic heterocycles. The number of methoxy groups -OCH3 is 1. The van der Waals surface area contributed by atoms with Crippen LogP contribution in [-0.2, 0) is 11.2 Å². The van der Waals surface area contributed by atoms with Crippen molar-refractivity contribution in [2.24, 2.45) is 0 Å². The molecule has 1 aromatic carbocycles. The zero-order valence-electron chi connectivity index (χ0n) is 9.70. The van der Waals surface area contributed by atoms with E-state index < -0.39 is 0 Å². The molecule has 1 aromatic rings. The third kappa shape index (κ3) is 2.36. The Morgan fingerprint density at radius 1 is 1.50 bits per heavy atom. The molecule has 2 N–H and O–H groups in total. The molecule has 0 saturated heterocycles. The maximum Gasteiger partial charge on any atom is 0.0810 e. The van der Waals surface area contributed by atoms with E-state index in [0.29, 0.717) is 6.61 Å². The van der Waals surface area contributed by atoms with E-state index in [9.17, 15) is 5.11 Å². The van der Waals surface area contributed by atoms with E-state index in [2.05, 4.69) is 11.4 Å². The predicted molar refractivity (Wildman–Crippen MR) is 64.7 cm³/mol. The first kappa shape index (κ1) is 11.4. The van der Waals surface area contributed by atoms with E-state index >= 15 is 0 Å². The number of aliphatic hydroxyl groups is 1. The van der Waals surface area contributed by atoms with Crippen LogP contribution in [0.4, 0.5) is 5.69 Å². The molecule has 88 valence electrons. The zero-order valence-corrected chi connectivity index (χ0v) is 9.70. The van der Waals surface area contributed by atoms with Crippen LogP contribution in [0.1, 0.15) is 30.1 Å². The average Bonchev–Trinajstić information content (AvgIpc) is 2.76. The van der Waals surface area contributed by atoms with Gasteiger partial charge in [0.15, 0.2) is 0 Å². The average molecular weight is 221 g/mol. The van der Waals surface area contributed by atoms with Gasteiger partial charge in [-0.05, 0) is 24.8 Å². The minimum Gasteiger partial charge on any atom is -0.388 e. The van der Waals surface area contributed by atoms with Crippen LogP contribution in [0, 0.1) is 0 Å². The van der Waals surface area contributed by atoms with Gasteiger partial charge in [-0.25, -0.2) is 0 Å². The predicted octanol–water partition coefficient (Wildman–Crippen LogP) is 2.11. The second-order valence-corrected chi connectivity index (χ2v) is 4.21. The normalized spacial score (nSPS) is 15.6. The van der Waals surface area contributed by atoms with E-state index in [-0.39, 0.29) is 6.10 Å². The van der Waals surface area contributed by atoms with Gasteiger partial charge in [-0.15, -0.1) is 0 Å². The van der Waals surface area contributed by atoms with E-state index in [4.69, 9.17) is 4.74 Å². The van der Waals surface area contributed by atoms with Crippen LogP contribution in [-0.4, -0.2) is 25.4 Å². The van der Waals surface area contributed by atoms with Gasteiger partial charge in [-0.2, -0.15) is 0 Å². The lowest BCUT2D eigenvalue weighted by atomic mass is 10.0. The monoisotopic (exact) mass is 221 g/mol. The SMILES string of the molecule is COCCCC(O)c1cccc2c1NCC2. The van der Waals surface area contributed by atoms with Gasteiger partial charge >= 0.3 is 0 Å². The Bertz CT molecular complexity index is 352. The topological polar surface area (TPSA) is 41.5 Å². The molecule has 1 atom stereocenters. The molecule has 3 heteroatoms. The van der Waals surface area contributed by atoms with Gasteiger partial charge in [-0.3, -0.25) is 0 Å². The molecular weight excluding hydrogens is 202 g/mol. The van der Waals surface area contributed by atoms with Gasteiger partial charge in [0.05, 0.1) is 6.10 Å². The van der Waals surface area contributed by atoms with Crippen LogP contribution < -0.4 is 5.32 Å². The summed E-state index contributed by atoms with van der Waals surface area (Å²) in [7, 11) is 1.69. The molecule has 1 unspecified atom stereocenters. The number of hydrogen-bond donors (Lipinski definition) is 2. The van der Waals surface area contributed by atoms with Gasteiger partial charge in [0.25, 0.3) is 0 Å². The number of anilines is 1. The first-order valence-electron chi connectivity index (χ1n) is 5.85. The number of para-hydroxylation sites is 1. The van der Waals surface area contributed by atoms with Gasteiger partial charge in [0, 0.05) is 31.5 Å². The Balaban J connectivity index is 2.05. The van der Waals surface area contributed by atoms with Crippen LogP contribution in [0.5, 0.6) is 0 Å². The first-order chi connectivity index (χ1) is 7.83. The van der Waals surface area contributed by atoms with Crippen molar-refractivity contribution in [1.82, 2.24) is 0 Å². The zero-order chi connectivity index (χ0) is 11.4.